The van der Waals surface area contributed by atoms with E-state index in [2.05, 4.69) is 6.92 Å². The van der Waals surface area contributed by atoms with E-state index in [4.69, 9.17) is 9.47 Å². The van der Waals surface area contributed by atoms with E-state index in [1.165, 1.54) is 7.11 Å². The molecule has 2 fully saturated rings. The topological polar surface area (TPSA) is 35.5 Å². The van der Waals surface area contributed by atoms with Gasteiger partial charge in [-0.3, -0.25) is 4.79 Å². The van der Waals surface area contributed by atoms with Crippen LogP contribution in [-0.4, -0.2) is 25.3 Å². The first-order chi connectivity index (χ1) is 5.74. The van der Waals surface area contributed by atoms with Crippen LogP contribution in [0.3, 0.4) is 0 Å². The van der Waals surface area contributed by atoms with E-state index >= 15 is 0 Å². The molecule has 2 aliphatic heterocycles. The lowest BCUT2D eigenvalue weighted by Gasteiger charge is -2.21. The molecule has 0 spiro atoms. The van der Waals surface area contributed by atoms with Crippen molar-refractivity contribution in [2.75, 3.05) is 7.11 Å². The van der Waals surface area contributed by atoms with Gasteiger partial charge in [0.1, 0.15) is 0 Å². The zero-order chi connectivity index (χ0) is 8.72. The van der Waals surface area contributed by atoms with Crippen molar-refractivity contribution in [2.24, 2.45) is 11.8 Å². The highest BCUT2D eigenvalue weighted by molar-refractivity contribution is 5.74. The van der Waals surface area contributed by atoms with E-state index < -0.39 is 0 Å². The number of carbonyl (C=O) groups is 1. The molecule has 3 nitrogen and oxygen atoms in total. The molecule has 0 aromatic carbocycles. The van der Waals surface area contributed by atoms with Gasteiger partial charge in [0.2, 0.25) is 0 Å². The van der Waals surface area contributed by atoms with Crippen LogP contribution in [-0.2, 0) is 14.3 Å². The van der Waals surface area contributed by atoms with Crippen LogP contribution < -0.4 is 0 Å². The SMILES string of the molecule is COC(=O)C1C2CCC(O2)C1C. The highest BCUT2D eigenvalue weighted by atomic mass is 16.5. The third-order valence-corrected chi connectivity index (χ3v) is 3.11. The van der Waals surface area contributed by atoms with Crippen molar-refractivity contribution in [3.05, 3.63) is 0 Å². The molecule has 2 saturated heterocycles. The first-order valence-corrected chi connectivity index (χ1v) is 4.47. The van der Waals surface area contributed by atoms with Crippen molar-refractivity contribution in [1.29, 1.82) is 0 Å². The summed E-state index contributed by atoms with van der Waals surface area (Å²) in [6, 6.07) is 0. The Hall–Kier alpha value is -0.570. The summed E-state index contributed by atoms with van der Waals surface area (Å²) in [5, 5.41) is 0. The smallest absolute Gasteiger partial charge is 0.311 e. The summed E-state index contributed by atoms with van der Waals surface area (Å²) < 4.78 is 10.4. The van der Waals surface area contributed by atoms with E-state index in [-0.39, 0.29) is 18.0 Å². The Labute approximate surface area is 72.0 Å². The number of rotatable bonds is 1. The third kappa shape index (κ3) is 0.959. The van der Waals surface area contributed by atoms with Gasteiger partial charge in [0.05, 0.1) is 25.2 Å². The molecule has 2 heterocycles. The fraction of sp³-hybridized carbons (Fsp3) is 0.889. The zero-order valence-electron chi connectivity index (χ0n) is 7.45. The second-order valence-electron chi connectivity index (χ2n) is 3.70. The molecule has 2 bridgehead atoms. The molecule has 12 heavy (non-hydrogen) atoms. The number of hydrogen-bond donors (Lipinski definition) is 0. The largest absolute Gasteiger partial charge is 0.469 e. The van der Waals surface area contributed by atoms with E-state index in [0.29, 0.717) is 12.0 Å². The standard InChI is InChI=1S/C9H14O3/c1-5-6-3-4-7(12-6)8(5)9(10)11-2/h5-8H,3-4H2,1-2H3. The molecular weight excluding hydrogens is 156 g/mol. The van der Waals surface area contributed by atoms with E-state index in [1.54, 1.807) is 0 Å². The molecule has 2 aliphatic rings. The molecule has 4 unspecified atom stereocenters. The molecule has 0 aromatic heterocycles. The van der Waals surface area contributed by atoms with Crippen LogP contribution in [0.15, 0.2) is 0 Å². The maximum Gasteiger partial charge on any atom is 0.311 e. The van der Waals surface area contributed by atoms with Crippen LogP contribution in [0.5, 0.6) is 0 Å². The summed E-state index contributed by atoms with van der Waals surface area (Å²) in [5.74, 6) is 0.236. The maximum atomic E-state index is 11.3. The number of fused-ring (bicyclic) bond motifs is 2. The Balaban J connectivity index is 2.12. The monoisotopic (exact) mass is 170 g/mol. The van der Waals surface area contributed by atoms with Gasteiger partial charge >= 0.3 is 5.97 Å². The Morgan fingerprint density at radius 3 is 2.58 bits per heavy atom. The van der Waals surface area contributed by atoms with Gasteiger partial charge in [0.15, 0.2) is 0 Å². The quantitative estimate of drug-likeness (QED) is 0.550. The number of hydrogen-bond acceptors (Lipinski definition) is 3. The van der Waals surface area contributed by atoms with Gasteiger partial charge in [-0.1, -0.05) is 6.92 Å². The van der Waals surface area contributed by atoms with Crippen LogP contribution in [0.4, 0.5) is 0 Å². The van der Waals surface area contributed by atoms with Gasteiger partial charge in [-0.2, -0.15) is 0 Å². The van der Waals surface area contributed by atoms with Gasteiger partial charge in [-0.05, 0) is 18.8 Å². The van der Waals surface area contributed by atoms with Crippen molar-refractivity contribution >= 4 is 5.97 Å². The van der Waals surface area contributed by atoms with Gasteiger partial charge in [-0.15, -0.1) is 0 Å². The molecule has 68 valence electrons. The van der Waals surface area contributed by atoms with Crippen molar-refractivity contribution in [1.82, 2.24) is 0 Å². The Morgan fingerprint density at radius 2 is 2.08 bits per heavy atom. The second-order valence-corrected chi connectivity index (χ2v) is 3.70. The molecule has 0 aromatic rings. The normalized spacial score (nSPS) is 44.8. The summed E-state index contributed by atoms with van der Waals surface area (Å²) >= 11 is 0. The summed E-state index contributed by atoms with van der Waals surface area (Å²) in [4.78, 5) is 11.3. The molecule has 0 aliphatic carbocycles. The number of esters is 1. The molecule has 0 saturated carbocycles. The minimum atomic E-state index is -0.102. The molecule has 0 N–H and O–H groups in total. The first-order valence-electron chi connectivity index (χ1n) is 4.47. The van der Waals surface area contributed by atoms with Crippen LogP contribution in [0.2, 0.25) is 0 Å². The lowest BCUT2D eigenvalue weighted by Crippen LogP contribution is -2.32. The average Bonchev–Trinajstić information content (AvgIpc) is 2.63. The summed E-state index contributed by atoms with van der Waals surface area (Å²) in [7, 11) is 1.45. The Morgan fingerprint density at radius 1 is 1.42 bits per heavy atom. The second kappa shape index (κ2) is 2.73. The molecule has 0 amide bonds. The summed E-state index contributed by atoms with van der Waals surface area (Å²) in [5.41, 5.74) is 0. The molecule has 2 rings (SSSR count). The number of carbonyl (C=O) groups excluding carboxylic acids is 1. The van der Waals surface area contributed by atoms with Gasteiger partial charge in [0.25, 0.3) is 0 Å². The van der Waals surface area contributed by atoms with E-state index in [9.17, 15) is 4.79 Å². The van der Waals surface area contributed by atoms with E-state index in [0.717, 1.165) is 12.8 Å². The van der Waals surface area contributed by atoms with Crippen molar-refractivity contribution < 1.29 is 14.3 Å². The van der Waals surface area contributed by atoms with E-state index in [1.807, 2.05) is 0 Å². The van der Waals surface area contributed by atoms with Gasteiger partial charge < -0.3 is 9.47 Å². The van der Waals surface area contributed by atoms with Crippen molar-refractivity contribution in [3.8, 4) is 0 Å². The third-order valence-electron chi connectivity index (χ3n) is 3.11. The lowest BCUT2D eigenvalue weighted by molar-refractivity contribution is -0.148. The molecular formula is C9H14O3. The highest BCUT2D eigenvalue weighted by Gasteiger charge is 2.50. The molecule has 0 radical (unpaired) electrons. The predicted octanol–water partition coefficient (Wildman–Crippen LogP) is 0.973. The predicted molar refractivity (Wildman–Crippen MR) is 42.6 cm³/mol. The number of methoxy groups -OCH3 is 1. The molecule has 3 heteroatoms. The maximum absolute atomic E-state index is 11.3. The van der Waals surface area contributed by atoms with Gasteiger partial charge in [-0.25, -0.2) is 0 Å². The van der Waals surface area contributed by atoms with Crippen LogP contribution in [0, 0.1) is 11.8 Å². The zero-order valence-corrected chi connectivity index (χ0v) is 7.45. The highest BCUT2D eigenvalue weighted by Crippen LogP contribution is 2.43. The van der Waals surface area contributed by atoms with Crippen molar-refractivity contribution in [2.45, 2.75) is 32.0 Å². The first kappa shape index (κ1) is 8.05. The Kier molecular flexibility index (Phi) is 1.83. The lowest BCUT2D eigenvalue weighted by atomic mass is 9.80. The van der Waals surface area contributed by atoms with Gasteiger partial charge in [0, 0.05) is 0 Å². The minimum absolute atomic E-state index is 0.00579. The Bertz CT molecular complexity index is 200. The average molecular weight is 170 g/mol. The fourth-order valence-corrected chi connectivity index (χ4v) is 2.41. The van der Waals surface area contributed by atoms with Crippen LogP contribution in [0.25, 0.3) is 0 Å². The molecule has 4 atom stereocenters. The minimum Gasteiger partial charge on any atom is -0.469 e. The van der Waals surface area contributed by atoms with Crippen molar-refractivity contribution in [3.63, 3.8) is 0 Å². The van der Waals surface area contributed by atoms with Crippen LogP contribution in [0.1, 0.15) is 19.8 Å². The number of ether oxygens (including phenoxy) is 2. The summed E-state index contributed by atoms with van der Waals surface area (Å²) in [6.45, 7) is 2.07. The fourth-order valence-electron chi connectivity index (χ4n) is 2.41. The summed E-state index contributed by atoms with van der Waals surface area (Å²) in [6.07, 6.45) is 2.57. The van der Waals surface area contributed by atoms with Crippen LogP contribution >= 0.6 is 0 Å².